The second-order valence-corrected chi connectivity index (χ2v) is 5.49. The Kier molecular flexibility index (Phi) is 4.00. The lowest BCUT2D eigenvalue weighted by atomic mass is 10.1. The lowest BCUT2D eigenvalue weighted by Gasteiger charge is -2.35. The molecular weight excluding hydrogens is 250 g/mol. The van der Waals surface area contributed by atoms with Crippen LogP contribution in [0.25, 0.3) is 0 Å². The quantitative estimate of drug-likeness (QED) is 0.791. The van der Waals surface area contributed by atoms with Crippen LogP contribution in [0.1, 0.15) is 25.7 Å². The van der Waals surface area contributed by atoms with E-state index in [9.17, 15) is 4.79 Å². The summed E-state index contributed by atoms with van der Waals surface area (Å²) in [5.74, 6) is 1.30. The summed E-state index contributed by atoms with van der Waals surface area (Å²) in [6.45, 7) is 3.37. The molecule has 106 valence electrons. The Hall–Kier alpha value is -1.84. The van der Waals surface area contributed by atoms with E-state index in [2.05, 4.69) is 16.0 Å². The van der Waals surface area contributed by atoms with Gasteiger partial charge in [0.05, 0.1) is 0 Å². The van der Waals surface area contributed by atoms with Crippen molar-refractivity contribution in [1.29, 1.82) is 0 Å². The number of anilines is 1. The van der Waals surface area contributed by atoms with Crippen molar-refractivity contribution >= 4 is 11.7 Å². The molecule has 1 aliphatic heterocycles. The summed E-state index contributed by atoms with van der Waals surface area (Å²) in [5.41, 5.74) is 1.34. The summed E-state index contributed by atoms with van der Waals surface area (Å²) in [4.78, 5) is 20.9. The highest BCUT2D eigenvalue weighted by Crippen LogP contribution is 2.22. The second-order valence-electron chi connectivity index (χ2n) is 5.49. The van der Waals surface area contributed by atoms with Gasteiger partial charge in [-0.3, -0.25) is 4.79 Å². The van der Waals surface area contributed by atoms with Gasteiger partial charge in [0, 0.05) is 38.8 Å². The third-order valence-electron chi connectivity index (χ3n) is 4.12. The highest BCUT2D eigenvalue weighted by molar-refractivity contribution is 5.79. The number of carbonyl (C=O) groups excluding carboxylic acids is 1. The number of rotatable bonds is 3. The molecule has 0 atom stereocenters. The van der Waals surface area contributed by atoms with Crippen LogP contribution in [0.2, 0.25) is 0 Å². The van der Waals surface area contributed by atoms with Crippen molar-refractivity contribution in [2.24, 2.45) is 0 Å². The van der Waals surface area contributed by atoms with E-state index in [4.69, 9.17) is 0 Å². The van der Waals surface area contributed by atoms with Gasteiger partial charge in [0.25, 0.3) is 0 Å². The standard InChI is InChI=1S/C16H21N3O/c20-16(13-14-5-1-2-6-14)19-11-9-18(10-12-19)15-7-3-4-8-17-15/h3-5,7-8H,1-2,6,9-13H2. The second kappa shape index (κ2) is 6.07. The molecular formula is C16H21N3O. The molecule has 1 saturated heterocycles. The van der Waals surface area contributed by atoms with E-state index in [1.54, 1.807) is 0 Å². The number of pyridine rings is 1. The van der Waals surface area contributed by atoms with Gasteiger partial charge >= 0.3 is 0 Å². The third-order valence-corrected chi connectivity index (χ3v) is 4.12. The first kappa shape index (κ1) is 13.2. The number of amides is 1. The van der Waals surface area contributed by atoms with E-state index in [-0.39, 0.29) is 0 Å². The molecule has 0 radical (unpaired) electrons. The Morgan fingerprint density at radius 3 is 2.70 bits per heavy atom. The van der Waals surface area contributed by atoms with Gasteiger partial charge in [-0.15, -0.1) is 0 Å². The molecule has 1 aromatic heterocycles. The van der Waals surface area contributed by atoms with Crippen LogP contribution in [0.5, 0.6) is 0 Å². The Morgan fingerprint density at radius 1 is 1.20 bits per heavy atom. The number of hydrogen-bond acceptors (Lipinski definition) is 3. The molecule has 0 spiro atoms. The first-order valence-electron chi connectivity index (χ1n) is 7.44. The minimum absolute atomic E-state index is 0.291. The lowest BCUT2D eigenvalue weighted by Crippen LogP contribution is -2.49. The largest absolute Gasteiger partial charge is 0.353 e. The molecule has 1 aliphatic carbocycles. The monoisotopic (exact) mass is 271 g/mol. The number of allylic oxidation sites excluding steroid dienone is 1. The van der Waals surface area contributed by atoms with Crippen molar-refractivity contribution in [2.45, 2.75) is 25.7 Å². The smallest absolute Gasteiger partial charge is 0.226 e. The summed E-state index contributed by atoms with van der Waals surface area (Å²) >= 11 is 0. The zero-order valence-corrected chi connectivity index (χ0v) is 11.8. The first-order valence-corrected chi connectivity index (χ1v) is 7.44. The van der Waals surface area contributed by atoms with E-state index < -0.39 is 0 Å². The van der Waals surface area contributed by atoms with Crippen LogP contribution in [0, 0.1) is 0 Å². The fraction of sp³-hybridized carbons (Fsp3) is 0.500. The summed E-state index contributed by atoms with van der Waals surface area (Å²) in [5, 5.41) is 0. The molecule has 4 nitrogen and oxygen atoms in total. The highest BCUT2D eigenvalue weighted by Gasteiger charge is 2.22. The zero-order chi connectivity index (χ0) is 13.8. The van der Waals surface area contributed by atoms with Crippen molar-refractivity contribution in [3.63, 3.8) is 0 Å². The first-order chi connectivity index (χ1) is 9.83. The predicted octanol–water partition coefficient (Wildman–Crippen LogP) is 2.23. The SMILES string of the molecule is O=C(CC1=CCCC1)N1CCN(c2ccccn2)CC1. The minimum Gasteiger partial charge on any atom is -0.353 e. The molecule has 3 rings (SSSR count). The van der Waals surface area contributed by atoms with Crippen molar-refractivity contribution in [3.05, 3.63) is 36.0 Å². The Morgan fingerprint density at radius 2 is 2.05 bits per heavy atom. The van der Waals surface area contributed by atoms with Crippen LogP contribution in [-0.2, 0) is 4.79 Å². The molecule has 4 heteroatoms. The van der Waals surface area contributed by atoms with Crippen LogP contribution in [0.3, 0.4) is 0 Å². The van der Waals surface area contributed by atoms with Gasteiger partial charge in [0.1, 0.15) is 5.82 Å². The van der Waals surface area contributed by atoms with E-state index in [1.807, 2.05) is 29.3 Å². The summed E-state index contributed by atoms with van der Waals surface area (Å²) < 4.78 is 0. The molecule has 1 aromatic rings. The fourth-order valence-electron chi connectivity index (χ4n) is 2.93. The number of nitrogens with zero attached hydrogens (tertiary/aromatic N) is 3. The Balaban J connectivity index is 1.52. The lowest BCUT2D eigenvalue weighted by molar-refractivity contribution is -0.130. The van der Waals surface area contributed by atoms with Gasteiger partial charge in [-0.25, -0.2) is 4.98 Å². The molecule has 1 amide bonds. The highest BCUT2D eigenvalue weighted by atomic mass is 16.2. The topological polar surface area (TPSA) is 36.4 Å². The number of aromatic nitrogens is 1. The van der Waals surface area contributed by atoms with E-state index in [0.29, 0.717) is 12.3 Å². The molecule has 2 heterocycles. The average molecular weight is 271 g/mol. The van der Waals surface area contributed by atoms with Gasteiger partial charge in [-0.05, 0) is 31.4 Å². The molecule has 0 saturated carbocycles. The van der Waals surface area contributed by atoms with E-state index >= 15 is 0 Å². The van der Waals surface area contributed by atoms with Gasteiger partial charge < -0.3 is 9.80 Å². The average Bonchev–Trinajstić information content (AvgIpc) is 3.01. The van der Waals surface area contributed by atoms with Crippen LogP contribution < -0.4 is 4.90 Å². The molecule has 0 bridgehead atoms. The molecule has 0 N–H and O–H groups in total. The summed E-state index contributed by atoms with van der Waals surface area (Å²) in [6, 6.07) is 5.96. The summed E-state index contributed by atoms with van der Waals surface area (Å²) in [6.07, 6.45) is 8.16. The van der Waals surface area contributed by atoms with Crippen molar-refractivity contribution in [3.8, 4) is 0 Å². The molecule has 0 unspecified atom stereocenters. The molecule has 0 aromatic carbocycles. The van der Waals surface area contributed by atoms with Crippen LogP contribution in [0.15, 0.2) is 36.0 Å². The predicted molar refractivity (Wildman–Crippen MR) is 79.6 cm³/mol. The Labute approximate surface area is 120 Å². The van der Waals surface area contributed by atoms with Gasteiger partial charge in [-0.2, -0.15) is 0 Å². The molecule has 20 heavy (non-hydrogen) atoms. The van der Waals surface area contributed by atoms with Gasteiger partial charge in [-0.1, -0.05) is 17.7 Å². The maximum Gasteiger partial charge on any atom is 0.226 e. The summed E-state index contributed by atoms with van der Waals surface area (Å²) in [7, 11) is 0. The number of hydrogen-bond donors (Lipinski definition) is 0. The minimum atomic E-state index is 0.291. The van der Waals surface area contributed by atoms with E-state index in [1.165, 1.54) is 12.0 Å². The molecule has 2 aliphatic rings. The number of piperazine rings is 1. The van der Waals surface area contributed by atoms with E-state index in [0.717, 1.165) is 44.8 Å². The van der Waals surface area contributed by atoms with Crippen LogP contribution in [-0.4, -0.2) is 42.0 Å². The Bertz CT molecular complexity index is 490. The molecule has 1 fully saturated rings. The third kappa shape index (κ3) is 3.00. The van der Waals surface area contributed by atoms with Gasteiger partial charge in [0.2, 0.25) is 5.91 Å². The van der Waals surface area contributed by atoms with Crippen LogP contribution >= 0.6 is 0 Å². The zero-order valence-electron chi connectivity index (χ0n) is 11.8. The maximum absolute atomic E-state index is 12.2. The van der Waals surface area contributed by atoms with Crippen LogP contribution in [0.4, 0.5) is 5.82 Å². The van der Waals surface area contributed by atoms with Crippen molar-refractivity contribution in [2.75, 3.05) is 31.1 Å². The normalized spacial score (nSPS) is 19.1. The van der Waals surface area contributed by atoms with Gasteiger partial charge in [0.15, 0.2) is 0 Å². The maximum atomic E-state index is 12.2. The van der Waals surface area contributed by atoms with Crippen molar-refractivity contribution < 1.29 is 4.79 Å². The van der Waals surface area contributed by atoms with Crippen molar-refractivity contribution in [1.82, 2.24) is 9.88 Å². The number of carbonyl (C=O) groups is 1. The fourth-order valence-corrected chi connectivity index (χ4v) is 2.93.